The first-order chi connectivity index (χ1) is 5.92. The van der Waals surface area contributed by atoms with E-state index < -0.39 is 0 Å². The maximum absolute atomic E-state index is 2.22. The molecule has 2 heteroatoms. The monoisotopic (exact) mass is 269 g/mol. The molecule has 0 bridgehead atoms. The lowest BCUT2D eigenvalue weighted by Crippen LogP contribution is -1.80. The van der Waals surface area contributed by atoms with Gasteiger partial charge in [-0.1, -0.05) is 40.8 Å². The lowest BCUT2D eigenvalue weighted by molar-refractivity contribution is 1.23. The number of halogens is 1. The molecule has 0 saturated heterocycles. The summed E-state index contributed by atoms with van der Waals surface area (Å²) in [5.74, 6) is 0. The molecule has 2 aromatic rings. The van der Waals surface area contributed by atoms with E-state index in [9.17, 15) is 0 Å². The topological polar surface area (TPSA) is 4.93 Å². The Kier molecular flexibility index (Phi) is 2.17. The van der Waals surface area contributed by atoms with E-state index in [2.05, 4.69) is 63.7 Å². The van der Waals surface area contributed by atoms with Crippen LogP contribution in [0, 0.1) is 0 Å². The van der Waals surface area contributed by atoms with Gasteiger partial charge in [-0.05, 0) is 21.6 Å². The van der Waals surface area contributed by atoms with Crippen LogP contribution in [0.2, 0.25) is 0 Å². The van der Waals surface area contributed by atoms with Gasteiger partial charge >= 0.3 is 0 Å². The van der Waals surface area contributed by atoms with Crippen molar-refractivity contribution in [1.82, 2.24) is 4.57 Å². The Bertz CT molecular complexity index is 414. The van der Waals surface area contributed by atoms with Gasteiger partial charge < -0.3 is 4.57 Å². The SMILES string of the molecule is I/C=C/n1ccc2ccccc21. The number of hydrogen-bond donors (Lipinski definition) is 0. The second kappa shape index (κ2) is 3.31. The highest BCUT2D eigenvalue weighted by Crippen LogP contribution is 2.15. The number of rotatable bonds is 1. The van der Waals surface area contributed by atoms with Gasteiger partial charge in [-0.2, -0.15) is 0 Å². The lowest BCUT2D eigenvalue weighted by atomic mass is 10.2. The minimum atomic E-state index is 1.26. The summed E-state index contributed by atoms with van der Waals surface area (Å²) in [5.41, 5.74) is 1.26. The Labute approximate surface area is 84.8 Å². The normalized spacial score (nSPS) is 11.4. The third kappa shape index (κ3) is 1.27. The summed E-state index contributed by atoms with van der Waals surface area (Å²) >= 11 is 2.22. The maximum atomic E-state index is 2.22. The number of aromatic nitrogens is 1. The van der Waals surface area contributed by atoms with Gasteiger partial charge in [0, 0.05) is 12.4 Å². The first kappa shape index (κ1) is 7.86. The van der Waals surface area contributed by atoms with Crippen LogP contribution >= 0.6 is 22.6 Å². The van der Waals surface area contributed by atoms with Crippen LogP contribution in [0.3, 0.4) is 0 Å². The van der Waals surface area contributed by atoms with Crippen molar-refractivity contribution < 1.29 is 0 Å². The Balaban J connectivity index is 2.70. The van der Waals surface area contributed by atoms with E-state index in [1.54, 1.807) is 0 Å². The van der Waals surface area contributed by atoms with Crippen LogP contribution in [0.4, 0.5) is 0 Å². The predicted octanol–water partition coefficient (Wildman–Crippen LogP) is 3.50. The van der Waals surface area contributed by atoms with Gasteiger partial charge in [-0.25, -0.2) is 0 Å². The molecule has 1 aromatic carbocycles. The smallest absolute Gasteiger partial charge is 0.0522 e. The van der Waals surface area contributed by atoms with E-state index in [1.807, 2.05) is 10.3 Å². The van der Waals surface area contributed by atoms with Crippen molar-refractivity contribution in [2.45, 2.75) is 0 Å². The summed E-state index contributed by atoms with van der Waals surface area (Å²) in [6.07, 6.45) is 4.11. The first-order valence-corrected chi connectivity index (χ1v) is 4.99. The Morgan fingerprint density at radius 1 is 1.17 bits per heavy atom. The fourth-order valence-corrected chi connectivity index (χ4v) is 1.64. The molecule has 2 rings (SSSR count). The highest BCUT2D eigenvalue weighted by Gasteiger charge is 1.94. The Hall–Kier alpha value is -0.770. The zero-order valence-corrected chi connectivity index (χ0v) is 8.60. The third-order valence-electron chi connectivity index (χ3n) is 1.85. The fraction of sp³-hybridized carbons (Fsp3) is 0. The van der Waals surface area contributed by atoms with E-state index in [0.29, 0.717) is 0 Å². The molecule has 0 spiro atoms. The summed E-state index contributed by atoms with van der Waals surface area (Å²) in [6.45, 7) is 0. The molecule has 0 radical (unpaired) electrons. The Morgan fingerprint density at radius 2 is 2.00 bits per heavy atom. The van der Waals surface area contributed by atoms with Crippen LogP contribution < -0.4 is 0 Å². The maximum Gasteiger partial charge on any atom is 0.0522 e. The second-order valence-corrected chi connectivity index (χ2v) is 3.28. The summed E-state index contributed by atoms with van der Waals surface area (Å²) < 4.78 is 4.12. The summed E-state index contributed by atoms with van der Waals surface area (Å²) in [7, 11) is 0. The fourth-order valence-electron chi connectivity index (χ4n) is 1.30. The Morgan fingerprint density at radius 3 is 2.83 bits per heavy atom. The van der Waals surface area contributed by atoms with Crippen molar-refractivity contribution in [3.63, 3.8) is 0 Å². The van der Waals surface area contributed by atoms with Crippen molar-refractivity contribution in [2.24, 2.45) is 0 Å². The third-order valence-corrected chi connectivity index (χ3v) is 2.17. The molecular weight excluding hydrogens is 261 g/mol. The van der Waals surface area contributed by atoms with Crippen LogP contribution in [0.1, 0.15) is 0 Å². The predicted molar refractivity (Wildman–Crippen MR) is 61.3 cm³/mol. The number of fused-ring (bicyclic) bond motifs is 1. The van der Waals surface area contributed by atoms with Gasteiger partial charge in [-0.15, -0.1) is 0 Å². The van der Waals surface area contributed by atoms with Gasteiger partial charge in [0.1, 0.15) is 0 Å². The number of benzene rings is 1. The molecule has 0 N–H and O–H groups in total. The zero-order chi connectivity index (χ0) is 8.39. The van der Waals surface area contributed by atoms with Crippen molar-refractivity contribution in [3.8, 4) is 0 Å². The van der Waals surface area contributed by atoms with Gasteiger partial charge in [0.05, 0.1) is 5.52 Å². The molecular formula is C10H8IN. The van der Waals surface area contributed by atoms with E-state index >= 15 is 0 Å². The second-order valence-electron chi connectivity index (χ2n) is 2.56. The molecule has 60 valence electrons. The molecule has 0 unspecified atom stereocenters. The molecule has 0 aliphatic rings. The molecule has 1 nitrogen and oxygen atoms in total. The van der Waals surface area contributed by atoms with Crippen LogP contribution in [0.5, 0.6) is 0 Å². The van der Waals surface area contributed by atoms with E-state index in [4.69, 9.17) is 0 Å². The molecule has 12 heavy (non-hydrogen) atoms. The number of hydrogen-bond acceptors (Lipinski definition) is 0. The summed E-state index contributed by atoms with van der Waals surface area (Å²) in [5, 5.41) is 1.28. The molecule has 1 heterocycles. The summed E-state index contributed by atoms with van der Waals surface area (Å²) in [6, 6.07) is 10.5. The molecule has 0 amide bonds. The van der Waals surface area contributed by atoms with Gasteiger partial charge in [0.15, 0.2) is 0 Å². The standard InChI is InChI=1S/C10H8IN/c11-6-8-12-7-5-9-3-1-2-4-10(9)12/h1-8H/b8-6+. The average molecular weight is 269 g/mol. The molecule has 0 aliphatic heterocycles. The largest absolute Gasteiger partial charge is 0.323 e. The van der Waals surface area contributed by atoms with Gasteiger partial charge in [0.2, 0.25) is 0 Å². The molecule has 0 aliphatic carbocycles. The molecule has 0 atom stereocenters. The molecule has 0 fully saturated rings. The highest BCUT2D eigenvalue weighted by molar-refractivity contribution is 14.1. The molecule has 0 saturated carbocycles. The molecule has 1 aromatic heterocycles. The van der Waals surface area contributed by atoms with E-state index in [0.717, 1.165) is 0 Å². The van der Waals surface area contributed by atoms with Crippen molar-refractivity contribution >= 4 is 39.7 Å². The van der Waals surface area contributed by atoms with Crippen molar-refractivity contribution in [1.29, 1.82) is 0 Å². The minimum absolute atomic E-state index is 1.26. The van der Waals surface area contributed by atoms with Crippen molar-refractivity contribution in [2.75, 3.05) is 0 Å². The van der Waals surface area contributed by atoms with Crippen LogP contribution in [-0.2, 0) is 0 Å². The average Bonchev–Trinajstić information content (AvgIpc) is 2.50. The lowest BCUT2D eigenvalue weighted by Gasteiger charge is -1.94. The van der Waals surface area contributed by atoms with Crippen molar-refractivity contribution in [3.05, 3.63) is 40.6 Å². The zero-order valence-electron chi connectivity index (χ0n) is 6.44. The number of para-hydroxylation sites is 1. The van der Waals surface area contributed by atoms with E-state index in [1.165, 1.54) is 10.9 Å². The van der Waals surface area contributed by atoms with Crippen LogP contribution in [-0.4, -0.2) is 4.57 Å². The van der Waals surface area contributed by atoms with Crippen LogP contribution in [0.25, 0.3) is 17.1 Å². The van der Waals surface area contributed by atoms with Gasteiger partial charge in [-0.3, -0.25) is 0 Å². The highest BCUT2D eigenvalue weighted by atomic mass is 127. The van der Waals surface area contributed by atoms with Gasteiger partial charge in [0.25, 0.3) is 0 Å². The quantitative estimate of drug-likeness (QED) is 0.698. The number of nitrogens with zero attached hydrogens (tertiary/aromatic N) is 1. The van der Waals surface area contributed by atoms with Crippen LogP contribution in [0.15, 0.2) is 40.6 Å². The first-order valence-electron chi connectivity index (χ1n) is 3.74. The summed E-state index contributed by atoms with van der Waals surface area (Å²) in [4.78, 5) is 0. The van der Waals surface area contributed by atoms with E-state index in [-0.39, 0.29) is 0 Å². The minimum Gasteiger partial charge on any atom is -0.323 e.